The molecule has 0 radical (unpaired) electrons. The average molecular weight is 418 g/mol. The van der Waals surface area contributed by atoms with Crippen molar-refractivity contribution in [1.82, 2.24) is 10.1 Å². The van der Waals surface area contributed by atoms with Crippen LogP contribution in [0.3, 0.4) is 0 Å². The maximum absolute atomic E-state index is 12.5. The van der Waals surface area contributed by atoms with Crippen LogP contribution in [0, 0.1) is 0 Å². The predicted octanol–water partition coefficient (Wildman–Crippen LogP) is 3.34. The molecule has 4 heterocycles. The molecule has 0 bridgehead atoms. The van der Waals surface area contributed by atoms with Crippen molar-refractivity contribution >= 4 is 27.5 Å². The molecule has 5 rings (SSSR count). The van der Waals surface area contributed by atoms with Crippen LogP contribution < -0.4 is 14.4 Å². The number of fused-ring (bicyclic) bond motifs is 1. The number of furan rings is 1. The van der Waals surface area contributed by atoms with E-state index in [1.54, 1.807) is 23.1 Å². The fraction of sp³-hybridized carbons (Fsp3) is 0.235. The maximum atomic E-state index is 12.5. The second kappa shape index (κ2) is 5.87. The third kappa shape index (κ3) is 2.55. The van der Waals surface area contributed by atoms with Gasteiger partial charge in [-0.25, -0.2) is 0 Å². The molecule has 9 heteroatoms. The fourth-order valence-electron chi connectivity index (χ4n) is 3.11. The van der Waals surface area contributed by atoms with Crippen molar-refractivity contribution in [2.75, 3.05) is 18.2 Å². The number of halogens is 1. The smallest absolute Gasteiger partial charge is 0.293 e. The lowest BCUT2D eigenvalue weighted by Crippen LogP contribution is -2.24. The monoisotopic (exact) mass is 417 g/mol. The van der Waals surface area contributed by atoms with Crippen molar-refractivity contribution in [3.63, 3.8) is 0 Å². The molecule has 3 aromatic rings. The van der Waals surface area contributed by atoms with Gasteiger partial charge in [0.05, 0.1) is 0 Å². The number of anilines is 1. The van der Waals surface area contributed by atoms with E-state index in [4.69, 9.17) is 18.4 Å². The summed E-state index contributed by atoms with van der Waals surface area (Å²) in [4.78, 5) is 18.6. The molecule has 2 aliphatic rings. The Labute approximate surface area is 155 Å². The van der Waals surface area contributed by atoms with Gasteiger partial charge in [-0.1, -0.05) is 5.16 Å². The zero-order chi connectivity index (χ0) is 17.7. The normalized spacial score (nSPS) is 18.7. The first-order chi connectivity index (χ1) is 12.7. The number of ether oxygens (including phenoxy) is 2. The molecule has 0 spiro atoms. The summed E-state index contributed by atoms with van der Waals surface area (Å²) in [5.74, 6) is 2.44. The summed E-state index contributed by atoms with van der Waals surface area (Å²) in [6.07, 6.45) is 0.315. The SMILES string of the molecule is O=C1CC(c2noc(-c3ccc(Br)o3)n2)CN1c1ccc2c(c1)OCO2. The van der Waals surface area contributed by atoms with Crippen LogP contribution in [0.15, 0.2) is 43.9 Å². The van der Waals surface area contributed by atoms with Gasteiger partial charge in [0.2, 0.25) is 12.7 Å². The Balaban J connectivity index is 1.38. The van der Waals surface area contributed by atoms with Gasteiger partial charge in [0, 0.05) is 30.6 Å². The van der Waals surface area contributed by atoms with Crippen molar-refractivity contribution in [3.8, 4) is 23.1 Å². The van der Waals surface area contributed by atoms with Gasteiger partial charge < -0.3 is 23.3 Å². The van der Waals surface area contributed by atoms with Gasteiger partial charge in [-0.2, -0.15) is 4.98 Å². The van der Waals surface area contributed by atoms with E-state index in [0.717, 1.165) is 5.69 Å². The number of rotatable bonds is 3. The Hall–Kier alpha value is -2.81. The molecule has 8 nitrogen and oxygen atoms in total. The molecule has 2 aliphatic heterocycles. The summed E-state index contributed by atoms with van der Waals surface area (Å²) in [6.45, 7) is 0.670. The molecule has 1 aromatic carbocycles. The van der Waals surface area contributed by atoms with E-state index in [0.29, 0.717) is 46.6 Å². The largest absolute Gasteiger partial charge is 0.454 e. The number of carbonyl (C=O) groups excluding carboxylic acids is 1. The molecular formula is C17H12BrN3O5. The number of nitrogens with zero attached hydrogens (tertiary/aromatic N) is 3. The van der Waals surface area contributed by atoms with Crippen molar-refractivity contribution in [3.05, 3.63) is 40.8 Å². The first kappa shape index (κ1) is 15.4. The van der Waals surface area contributed by atoms with Crippen LogP contribution in [0.2, 0.25) is 0 Å². The minimum absolute atomic E-state index is 0.000887. The van der Waals surface area contributed by atoms with Gasteiger partial charge in [0.1, 0.15) is 0 Å². The van der Waals surface area contributed by atoms with Crippen LogP contribution in [0.4, 0.5) is 5.69 Å². The van der Waals surface area contributed by atoms with E-state index < -0.39 is 0 Å². The zero-order valence-corrected chi connectivity index (χ0v) is 14.9. The second-order valence-electron chi connectivity index (χ2n) is 6.00. The Morgan fingerprint density at radius 3 is 2.88 bits per heavy atom. The van der Waals surface area contributed by atoms with E-state index in [1.165, 1.54) is 0 Å². The van der Waals surface area contributed by atoms with Crippen LogP contribution in [0.1, 0.15) is 18.2 Å². The molecule has 1 amide bonds. The highest BCUT2D eigenvalue weighted by Crippen LogP contribution is 2.38. The van der Waals surface area contributed by atoms with Gasteiger partial charge in [-0.3, -0.25) is 4.79 Å². The molecule has 0 aliphatic carbocycles. The number of amides is 1. The van der Waals surface area contributed by atoms with Crippen LogP contribution >= 0.6 is 15.9 Å². The Bertz CT molecular complexity index is 998. The molecule has 1 atom stereocenters. The molecule has 26 heavy (non-hydrogen) atoms. The second-order valence-corrected chi connectivity index (χ2v) is 6.79. The standard InChI is InChI=1S/C17H12BrN3O5/c18-14-4-3-12(25-14)17-19-16(20-26-17)9-5-15(22)21(7-9)10-1-2-11-13(6-10)24-8-23-11/h1-4,6,9H,5,7-8H2. The lowest BCUT2D eigenvalue weighted by molar-refractivity contribution is -0.117. The number of hydrogen-bond donors (Lipinski definition) is 0. The molecule has 1 saturated heterocycles. The third-order valence-corrected chi connectivity index (χ3v) is 4.81. The molecule has 1 unspecified atom stereocenters. The molecule has 1 fully saturated rings. The maximum Gasteiger partial charge on any atom is 0.293 e. The number of hydrogen-bond acceptors (Lipinski definition) is 7. The summed E-state index contributed by atoms with van der Waals surface area (Å²) in [5.41, 5.74) is 0.764. The van der Waals surface area contributed by atoms with Crippen LogP contribution in [0.25, 0.3) is 11.7 Å². The minimum atomic E-state index is -0.149. The number of benzene rings is 1. The van der Waals surface area contributed by atoms with Crippen molar-refractivity contribution in [2.45, 2.75) is 12.3 Å². The molecule has 132 valence electrons. The van der Waals surface area contributed by atoms with E-state index in [-0.39, 0.29) is 18.6 Å². The van der Waals surface area contributed by atoms with Crippen LogP contribution in [-0.2, 0) is 4.79 Å². The highest BCUT2D eigenvalue weighted by atomic mass is 79.9. The van der Waals surface area contributed by atoms with Gasteiger partial charge >= 0.3 is 0 Å². The summed E-state index contributed by atoms with van der Waals surface area (Å²) in [6, 6.07) is 8.94. The van der Waals surface area contributed by atoms with Crippen LogP contribution in [0.5, 0.6) is 11.5 Å². The fourth-order valence-corrected chi connectivity index (χ4v) is 3.42. The lowest BCUT2D eigenvalue weighted by Gasteiger charge is -2.16. The van der Waals surface area contributed by atoms with Gasteiger partial charge in [0.15, 0.2) is 27.8 Å². The minimum Gasteiger partial charge on any atom is -0.454 e. The molecule has 2 aromatic heterocycles. The first-order valence-electron chi connectivity index (χ1n) is 7.97. The summed E-state index contributed by atoms with van der Waals surface area (Å²) in [7, 11) is 0. The van der Waals surface area contributed by atoms with Gasteiger partial charge in [-0.15, -0.1) is 0 Å². The van der Waals surface area contributed by atoms with E-state index in [1.807, 2.05) is 12.1 Å². The molecule has 0 saturated carbocycles. The van der Waals surface area contributed by atoms with Gasteiger partial charge in [-0.05, 0) is 40.2 Å². The van der Waals surface area contributed by atoms with E-state index in [9.17, 15) is 4.79 Å². The van der Waals surface area contributed by atoms with Crippen LogP contribution in [-0.4, -0.2) is 29.4 Å². The lowest BCUT2D eigenvalue weighted by atomic mass is 10.1. The first-order valence-corrected chi connectivity index (χ1v) is 8.76. The Morgan fingerprint density at radius 2 is 2.04 bits per heavy atom. The predicted molar refractivity (Wildman–Crippen MR) is 92.0 cm³/mol. The summed E-state index contributed by atoms with van der Waals surface area (Å²) in [5, 5.41) is 4.02. The highest BCUT2D eigenvalue weighted by molar-refractivity contribution is 9.10. The molecular weight excluding hydrogens is 406 g/mol. The van der Waals surface area contributed by atoms with Crippen molar-refractivity contribution in [1.29, 1.82) is 0 Å². The summed E-state index contributed by atoms with van der Waals surface area (Å²) >= 11 is 3.24. The van der Waals surface area contributed by atoms with Gasteiger partial charge in [0.25, 0.3) is 5.89 Å². The van der Waals surface area contributed by atoms with E-state index in [2.05, 4.69) is 26.1 Å². The average Bonchev–Trinajstić information content (AvgIpc) is 3.40. The number of carbonyl (C=O) groups is 1. The van der Waals surface area contributed by atoms with E-state index >= 15 is 0 Å². The number of aromatic nitrogens is 2. The highest BCUT2D eigenvalue weighted by Gasteiger charge is 2.35. The summed E-state index contributed by atoms with van der Waals surface area (Å²) < 4.78 is 22.0. The Morgan fingerprint density at radius 1 is 1.15 bits per heavy atom. The third-order valence-electron chi connectivity index (χ3n) is 4.38. The zero-order valence-electron chi connectivity index (χ0n) is 13.3. The molecule has 0 N–H and O–H groups in total. The quantitative estimate of drug-likeness (QED) is 0.645. The van der Waals surface area contributed by atoms with Crippen molar-refractivity contribution < 1.29 is 23.2 Å². The Kier molecular flexibility index (Phi) is 3.49. The topological polar surface area (TPSA) is 90.8 Å². The van der Waals surface area contributed by atoms with Crippen molar-refractivity contribution in [2.24, 2.45) is 0 Å².